The predicted octanol–water partition coefficient (Wildman–Crippen LogP) is 6.12. The molecule has 4 rings (SSSR count). The fourth-order valence-corrected chi connectivity index (χ4v) is 3.88. The molecule has 0 aliphatic carbocycles. The van der Waals surface area contributed by atoms with Crippen molar-refractivity contribution in [3.63, 3.8) is 0 Å². The van der Waals surface area contributed by atoms with E-state index in [0.29, 0.717) is 24.5 Å². The lowest BCUT2D eigenvalue weighted by Crippen LogP contribution is -2.54. The van der Waals surface area contributed by atoms with Crippen molar-refractivity contribution in [3.8, 4) is 17.2 Å². The second kappa shape index (κ2) is 11.1. The lowest BCUT2D eigenvalue weighted by molar-refractivity contribution is -0.385. The van der Waals surface area contributed by atoms with Gasteiger partial charge >= 0.3 is 17.9 Å². The van der Waals surface area contributed by atoms with Gasteiger partial charge < -0.3 is 9.47 Å². The van der Waals surface area contributed by atoms with Crippen molar-refractivity contribution in [2.45, 2.75) is 13.1 Å². The van der Waals surface area contributed by atoms with Crippen molar-refractivity contribution >= 4 is 46.9 Å². The van der Waals surface area contributed by atoms with Crippen molar-refractivity contribution in [2.75, 3.05) is 11.5 Å². The maximum absolute atomic E-state index is 13.1. The Hall–Kier alpha value is -4.91. The van der Waals surface area contributed by atoms with Crippen molar-refractivity contribution in [1.82, 2.24) is 5.32 Å². The number of nitro benzene ring substituents is 1. The van der Waals surface area contributed by atoms with Crippen molar-refractivity contribution in [1.29, 1.82) is 0 Å². The second-order valence-corrected chi connectivity index (χ2v) is 8.52. The number of ether oxygens (including phenoxy) is 2. The number of nitro groups is 1. The number of alkyl halides is 3. The molecule has 1 aliphatic rings. The molecule has 1 aliphatic heterocycles. The highest BCUT2D eigenvalue weighted by molar-refractivity contribution is 6.39. The average Bonchev–Trinajstić information content (AvgIpc) is 2.88. The summed E-state index contributed by atoms with van der Waals surface area (Å²) in [4.78, 5) is 49.0. The molecule has 40 heavy (non-hydrogen) atoms. The lowest BCUT2D eigenvalue weighted by Gasteiger charge is -2.26. The Morgan fingerprint density at radius 3 is 2.30 bits per heavy atom. The molecule has 1 heterocycles. The van der Waals surface area contributed by atoms with Crippen LogP contribution in [0.4, 0.5) is 29.3 Å². The van der Waals surface area contributed by atoms with Gasteiger partial charge in [0.1, 0.15) is 17.1 Å². The molecule has 0 saturated carbocycles. The number of benzene rings is 3. The first-order chi connectivity index (χ1) is 18.9. The number of nitrogens with zero attached hydrogens (tertiary/aromatic N) is 2. The van der Waals surface area contributed by atoms with Crippen LogP contribution in [-0.4, -0.2) is 29.4 Å². The number of hydrogen-bond acceptors (Lipinski definition) is 7. The van der Waals surface area contributed by atoms with Gasteiger partial charge in [-0.2, -0.15) is 13.2 Å². The Balaban J connectivity index is 1.61. The van der Waals surface area contributed by atoms with Gasteiger partial charge in [0.05, 0.1) is 27.8 Å². The molecule has 1 saturated heterocycles. The van der Waals surface area contributed by atoms with E-state index in [1.54, 1.807) is 19.1 Å². The number of rotatable bonds is 7. The number of amides is 4. The van der Waals surface area contributed by atoms with E-state index in [4.69, 9.17) is 21.1 Å². The van der Waals surface area contributed by atoms with Gasteiger partial charge in [-0.25, -0.2) is 9.69 Å². The largest absolute Gasteiger partial charge is 0.494 e. The molecule has 0 spiro atoms. The van der Waals surface area contributed by atoms with Crippen molar-refractivity contribution < 1.29 is 42.0 Å². The molecular formula is C26H17ClF3N3O7. The van der Waals surface area contributed by atoms with Gasteiger partial charge in [-0.05, 0) is 67.1 Å². The van der Waals surface area contributed by atoms with E-state index in [1.807, 2.05) is 0 Å². The first kappa shape index (κ1) is 28.1. The number of carbonyl (C=O) groups is 3. The third-order valence-electron chi connectivity index (χ3n) is 5.48. The Morgan fingerprint density at radius 2 is 1.70 bits per heavy atom. The predicted molar refractivity (Wildman–Crippen MR) is 136 cm³/mol. The number of nitrogens with one attached hydrogen (secondary N) is 1. The molecule has 0 bridgehead atoms. The van der Waals surface area contributed by atoms with Crippen LogP contribution in [0.3, 0.4) is 0 Å². The van der Waals surface area contributed by atoms with E-state index in [9.17, 15) is 37.7 Å². The number of barbiturate groups is 1. The van der Waals surface area contributed by atoms with E-state index in [-0.39, 0.29) is 22.0 Å². The van der Waals surface area contributed by atoms with Gasteiger partial charge in [0.15, 0.2) is 0 Å². The summed E-state index contributed by atoms with van der Waals surface area (Å²) in [6, 6.07) is 10.7. The number of halogens is 4. The van der Waals surface area contributed by atoms with E-state index in [0.717, 1.165) is 11.0 Å². The normalized spacial score (nSPS) is 14.8. The fourth-order valence-electron chi connectivity index (χ4n) is 3.65. The van der Waals surface area contributed by atoms with Crippen LogP contribution in [0.15, 0.2) is 66.2 Å². The van der Waals surface area contributed by atoms with Crippen LogP contribution < -0.4 is 19.7 Å². The molecule has 4 amide bonds. The van der Waals surface area contributed by atoms with Crippen molar-refractivity contribution in [2.24, 2.45) is 0 Å². The standard InChI is InChI=1S/C26H17ClF3N3O7/c1-2-39-17-7-5-16(6-8-17)32-24(35)18(23(34)31-25(32)36)11-14-3-9-21(19(27)12-14)40-22-10-4-15(26(28,29)30)13-20(22)33(37)38/h3-13H,2H2,1H3,(H,31,34,36)/b18-11+. The monoisotopic (exact) mass is 575 g/mol. The second-order valence-electron chi connectivity index (χ2n) is 8.11. The summed E-state index contributed by atoms with van der Waals surface area (Å²) >= 11 is 6.23. The minimum Gasteiger partial charge on any atom is -0.494 e. The number of anilines is 1. The summed E-state index contributed by atoms with van der Waals surface area (Å²) in [6.07, 6.45) is -3.63. The highest BCUT2D eigenvalue weighted by Crippen LogP contribution is 2.39. The smallest absolute Gasteiger partial charge is 0.416 e. The number of carbonyl (C=O) groups excluding carboxylic acids is 3. The molecule has 3 aromatic carbocycles. The van der Waals surface area contributed by atoms with Gasteiger partial charge in [-0.3, -0.25) is 25.0 Å². The minimum absolute atomic E-state index is 0.133. The Morgan fingerprint density at radius 1 is 1.02 bits per heavy atom. The number of hydrogen-bond donors (Lipinski definition) is 1. The van der Waals surface area contributed by atoms with Gasteiger partial charge in [-0.15, -0.1) is 0 Å². The van der Waals surface area contributed by atoms with Gasteiger partial charge in [0.25, 0.3) is 11.8 Å². The van der Waals surface area contributed by atoms with Crippen LogP contribution in [-0.2, 0) is 15.8 Å². The van der Waals surface area contributed by atoms with Crippen LogP contribution in [0.25, 0.3) is 6.08 Å². The molecule has 10 nitrogen and oxygen atoms in total. The van der Waals surface area contributed by atoms with E-state index >= 15 is 0 Å². The SMILES string of the molecule is CCOc1ccc(N2C(=O)NC(=O)/C(=C\c3ccc(Oc4ccc(C(F)(F)F)cc4[N+](=O)[O-])c(Cl)c3)C2=O)cc1. The highest BCUT2D eigenvalue weighted by Gasteiger charge is 2.37. The molecule has 1 fully saturated rings. The molecule has 3 aromatic rings. The zero-order valence-corrected chi connectivity index (χ0v) is 21.1. The molecule has 0 radical (unpaired) electrons. The van der Waals surface area contributed by atoms with E-state index in [1.165, 1.54) is 36.4 Å². The summed E-state index contributed by atoms with van der Waals surface area (Å²) in [5.74, 6) is -1.97. The molecule has 206 valence electrons. The Bertz CT molecular complexity index is 1560. The maximum atomic E-state index is 13.1. The Labute approximate surface area is 228 Å². The number of urea groups is 1. The number of imide groups is 2. The van der Waals surface area contributed by atoms with Crippen LogP contribution in [0.2, 0.25) is 5.02 Å². The van der Waals surface area contributed by atoms with E-state index in [2.05, 4.69) is 5.32 Å². The molecule has 0 unspecified atom stereocenters. The minimum atomic E-state index is -4.80. The van der Waals surface area contributed by atoms with Crippen LogP contribution in [0.5, 0.6) is 17.2 Å². The summed E-state index contributed by atoms with van der Waals surface area (Å²) in [5, 5.41) is 13.3. The maximum Gasteiger partial charge on any atom is 0.416 e. The zero-order chi connectivity index (χ0) is 29.2. The average molecular weight is 576 g/mol. The summed E-state index contributed by atoms with van der Waals surface area (Å²) < 4.78 is 49.6. The molecular weight excluding hydrogens is 559 g/mol. The highest BCUT2D eigenvalue weighted by atomic mass is 35.5. The van der Waals surface area contributed by atoms with E-state index < -0.39 is 51.5 Å². The van der Waals surface area contributed by atoms with Crippen LogP contribution in [0.1, 0.15) is 18.1 Å². The third-order valence-corrected chi connectivity index (χ3v) is 5.77. The van der Waals surface area contributed by atoms with Crippen LogP contribution >= 0.6 is 11.6 Å². The summed E-state index contributed by atoms with van der Waals surface area (Å²) in [7, 11) is 0. The molecule has 0 aromatic heterocycles. The van der Waals surface area contributed by atoms with Gasteiger partial charge in [0, 0.05) is 6.07 Å². The van der Waals surface area contributed by atoms with Gasteiger partial charge in [-0.1, -0.05) is 17.7 Å². The van der Waals surface area contributed by atoms with Gasteiger partial charge in [0.2, 0.25) is 5.75 Å². The van der Waals surface area contributed by atoms with Crippen LogP contribution in [0, 0.1) is 10.1 Å². The molecule has 1 N–H and O–H groups in total. The quantitative estimate of drug-likeness (QED) is 0.155. The molecule has 14 heteroatoms. The first-order valence-corrected chi connectivity index (χ1v) is 11.7. The lowest BCUT2D eigenvalue weighted by atomic mass is 10.1. The zero-order valence-electron chi connectivity index (χ0n) is 20.3. The van der Waals surface area contributed by atoms with Crippen molar-refractivity contribution in [3.05, 3.63) is 92.5 Å². The third kappa shape index (κ3) is 5.89. The Kier molecular flexibility index (Phi) is 7.77. The topological polar surface area (TPSA) is 128 Å². The molecule has 0 atom stereocenters. The summed E-state index contributed by atoms with van der Waals surface area (Å²) in [6.45, 7) is 2.21. The fraction of sp³-hybridized carbons (Fsp3) is 0.115. The summed E-state index contributed by atoms with van der Waals surface area (Å²) in [5.41, 5.74) is -2.15. The first-order valence-electron chi connectivity index (χ1n) is 11.4.